The predicted octanol–water partition coefficient (Wildman–Crippen LogP) is 13.4. The predicted molar refractivity (Wildman–Crippen MR) is 220 cm³/mol. The molecule has 2 aromatic rings. The van der Waals surface area contributed by atoms with Gasteiger partial charge in [-0.2, -0.15) is 0 Å². The van der Waals surface area contributed by atoms with Crippen LogP contribution in [0.25, 0.3) is 0 Å². The van der Waals surface area contributed by atoms with E-state index in [-0.39, 0.29) is 5.78 Å². The second-order valence-corrected chi connectivity index (χ2v) is 24.0. The van der Waals surface area contributed by atoms with Crippen molar-refractivity contribution in [3.05, 3.63) is 71.8 Å². The Bertz CT molecular complexity index is 1210. The number of ketones is 1. The first-order valence-electron chi connectivity index (χ1n) is 20.6. The molecule has 0 spiro atoms. The molecule has 0 radical (unpaired) electrons. The Hall–Kier alpha value is -2.34. The Morgan fingerprint density at radius 2 is 0.776 bits per heavy atom. The van der Waals surface area contributed by atoms with Crippen molar-refractivity contribution in [2.45, 2.75) is 185 Å². The Morgan fingerprint density at radius 3 is 1.04 bits per heavy atom. The zero-order chi connectivity index (χ0) is 35.5. The van der Waals surface area contributed by atoms with Crippen molar-refractivity contribution in [3.8, 4) is 22.9 Å². The lowest BCUT2D eigenvalue weighted by atomic mass is 9.57. The minimum atomic E-state index is -1.91. The van der Waals surface area contributed by atoms with Crippen LogP contribution in [0.15, 0.2) is 60.7 Å². The van der Waals surface area contributed by atoms with Crippen molar-refractivity contribution in [2.75, 3.05) is 0 Å². The normalized spacial score (nSPS) is 19.5. The van der Waals surface area contributed by atoms with E-state index < -0.39 is 27.0 Å². The van der Waals surface area contributed by atoms with Crippen molar-refractivity contribution in [1.82, 2.24) is 0 Å². The zero-order valence-corrected chi connectivity index (χ0v) is 34.5. The van der Waals surface area contributed by atoms with Gasteiger partial charge in [0.05, 0.1) is 0 Å². The van der Waals surface area contributed by atoms with Gasteiger partial charge in [-0.1, -0.05) is 191 Å². The van der Waals surface area contributed by atoms with Gasteiger partial charge in [0, 0.05) is 0 Å². The molecule has 3 rings (SSSR count). The largest absolute Gasteiger partial charge is 0.295 e. The highest BCUT2D eigenvalue weighted by molar-refractivity contribution is 6.87. The second-order valence-electron chi connectivity index (χ2n) is 15.4. The summed E-state index contributed by atoms with van der Waals surface area (Å²) < 4.78 is 0. The first-order chi connectivity index (χ1) is 23.9. The van der Waals surface area contributed by atoms with Crippen LogP contribution in [0.1, 0.15) is 149 Å². The van der Waals surface area contributed by atoms with E-state index in [1.165, 1.54) is 113 Å². The third kappa shape index (κ3) is 10.8. The van der Waals surface area contributed by atoms with Gasteiger partial charge in [-0.05, 0) is 66.7 Å². The molecule has 1 fully saturated rings. The molecule has 2 aromatic carbocycles. The van der Waals surface area contributed by atoms with Crippen molar-refractivity contribution in [2.24, 2.45) is 0 Å². The number of benzene rings is 2. The van der Waals surface area contributed by atoms with Crippen LogP contribution in [0.5, 0.6) is 0 Å². The Balaban J connectivity index is 2.34. The molecule has 2 atom stereocenters. The summed E-state index contributed by atoms with van der Waals surface area (Å²) in [7, 11) is -3.83. The Labute approximate surface area is 305 Å². The summed E-state index contributed by atoms with van der Waals surface area (Å²) in [4.78, 5) is 15.9. The van der Waals surface area contributed by atoms with Crippen molar-refractivity contribution in [1.29, 1.82) is 0 Å². The smallest absolute Gasteiger partial charge is 0.177 e. The molecule has 0 aromatic heterocycles. The van der Waals surface area contributed by atoms with Crippen LogP contribution < -0.4 is 0 Å². The van der Waals surface area contributed by atoms with E-state index in [9.17, 15) is 0 Å². The van der Waals surface area contributed by atoms with Gasteiger partial charge in [-0.15, -0.1) is 11.1 Å². The molecule has 0 amide bonds. The minimum absolute atomic E-state index is 0.261. The first kappa shape index (κ1) is 41.1. The molecule has 0 saturated heterocycles. The molecule has 0 unspecified atom stereocenters. The first-order valence-corrected chi connectivity index (χ1v) is 25.8. The quantitative estimate of drug-likeness (QED) is 0.0996. The lowest BCUT2D eigenvalue weighted by molar-refractivity contribution is -0.128. The van der Waals surface area contributed by atoms with Crippen LogP contribution in [0.2, 0.25) is 36.3 Å². The minimum Gasteiger partial charge on any atom is -0.295 e. The third-order valence-corrected chi connectivity index (χ3v) is 20.7. The number of carbonyl (C=O) groups is 1. The fourth-order valence-corrected chi connectivity index (χ4v) is 17.7. The molecule has 1 aliphatic rings. The molecule has 3 heteroatoms. The molecule has 1 aliphatic carbocycles. The molecule has 0 N–H and O–H groups in total. The number of hydrogen-bond acceptors (Lipinski definition) is 1. The number of hydrogen-bond donors (Lipinski definition) is 0. The maximum Gasteiger partial charge on any atom is 0.177 e. The SMILES string of the molecule is CCCC[Si](C#C[C@]1(c2ccccc2)CCC[C@](C#C[Si](CCCC)(CCCC)CCCC)(c2ccccc2)C1=O)(CCCC)CCCC. The lowest BCUT2D eigenvalue weighted by Gasteiger charge is -2.43. The maximum atomic E-state index is 15.9. The van der Waals surface area contributed by atoms with E-state index in [0.717, 1.165) is 30.4 Å². The van der Waals surface area contributed by atoms with Gasteiger partial charge in [0.1, 0.15) is 27.0 Å². The summed E-state index contributed by atoms with van der Waals surface area (Å²) in [6, 6.07) is 29.0. The Morgan fingerprint density at radius 1 is 0.490 bits per heavy atom. The summed E-state index contributed by atoms with van der Waals surface area (Å²) in [6.45, 7) is 13.9. The number of unbranched alkanes of at least 4 members (excludes halogenated alkanes) is 6. The molecule has 0 heterocycles. The van der Waals surface area contributed by atoms with Crippen molar-refractivity contribution < 1.29 is 4.79 Å². The topological polar surface area (TPSA) is 17.1 Å². The van der Waals surface area contributed by atoms with E-state index >= 15 is 4.79 Å². The van der Waals surface area contributed by atoms with E-state index in [2.05, 4.69) is 125 Å². The summed E-state index contributed by atoms with van der Waals surface area (Å²) in [6.07, 6.45) is 17.3. The highest BCUT2D eigenvalue weighted by Gasteiger charge is 2.54. The molecule has 1 nitrogen and oxygen atoms in total. The standard InChI is InChI=1S/C46H70OSi2/c1-7-13-34-48(35-14-8-2,36-15-9-3)40-32-45(42-26-21-19-22-27-42)30-25-31-46(44(45)47,43-28-23-20-24-29-43)33-41-49(37-16-10-4,38-17-11-5)39-18-12-6/h19-24,26-29H,7-18,25,30-31,34-39H2,1-6H3/t45-,46-/m0/s1. The van der Waals surface area contributed by atoms with E-state index in [1.54, 1.807) is 0 Å². The lowest BCUT2D eigenvalue weighted by Crippen LogP contribution is -2.52. The fourth-order valence-electron chi connectivity index (χ4n) is 8.28. The van der Waals surface area contributed by atoms with Gasteiger partial charge in [-0.25, -0.2) is 0 Å². The van der Waals surface area contributed by atoms with Gasteiger partial charge in [0.15, 0.2) is 5.78 Å². The summed E-state index contributed by atoms with van der Waals surface area (Å²) in [5.41, 5.74) is 8.83. The van der Waals surface area contributed by atoms with Crippen LogP contribution in [0.4, 0.5) is 0 Å². The van der Waals surface area contributed by atoms with E-state index in [4.69, 9.17) is 0 Å². The highest BCUT2D eigenvalue weighted by Crippen LogP contribution is 2.47. The van der Waals surface area contributed by atoms with Crippen LogP contribution in [0, 0.1) is 22.9 Å². The van der Waals surface area contributed by atoms with Crippen LogP contribution in [-0.4, -0.2) is 21.9 Å². The summed E-state index contributed by atoms with van der Waals surface area (Å²) in [5.74, 6) is 8.26. The fraction of sp³-hybridized carbons (Fsp3) is 0.630. The monoisotopic (exact) mass is 694 g/mol. The van der Waals surface area contributed by atoms with Crippen LogP contribution in [0.3, 0.4) is 0 Å². The maximum absolute atomic E-state index is 15.9. The number of carbonyl (C=O) groups excluding carboxylic acids is 1. The average Bonchev–Trinajstić information content (AvgIpc) is 3.15. The van der Waals surface area contributed by atoms with Crippen LogP contribution in [-0.2, 0) is 15.6 Å². The third-order valence-electron chi connectivity index (χ3n) is 11.5. The molecule has 268 valence electrons. The molecule has 1 saturated carbocycles. The average molecular weight is 695 g/mol. The summed E-state index contributed by atoms with van der Waals surface area (Å²) >= 11 is 0. The number of rotatable bonds is 20. The van der Waals surface area contributed by atoms with Gasteiger partial charge in [0.2, 0.25) is 0 Å². The Kier molecular flexibility index (Phi) is 17.7. The van der Waals surface area contributed by atoms with Crippen LogP contribution >= 0.6 is 0 Å². The van der Waals surface area contributed by atoms with Gasteiger partial charge >= 0.3 is 0 Å². The van der Waals surface area contributed by atoms with Crippen molar-refractivity contribution >= 4 is 21.9 Å². The van der Waals surface area contributed by atoms with Gasteiger partial charge in [0.25, 0.3) is 0 Å². The van der Waals surface area contributed by atoms with E-state index in [1.807, 2.05) is 0 Å². The molecular formula is C46H70OSi2. The van der Waals surface area contributed by atoms with Gasteiger partial charge in [-0.3, -0.25) is 4.79 Å². The molecule has 49 heavy (non-hydrogen) atoms. The number of Topliss-reactive ketones (excluding diaryl/α,β-unsaturated/α-hetero) is 1. The molecular weight excluding hydrogens is 625 g/mol. The summed E-state index contributed by atoms with van der Waals surface area (Å²) in [5, 5.41) is 0. The highest BCUT2D eigenvalue weighted by atomic mass is 28.3. The van der Waals surface area contributed by atoms with Crippen molar-refractivity contribution in [3.63, 3.8) is 0 Å². The molecule has 0 bridgehead atoms. The van der Waals surface area contributed by atoms with Gasteiger partial charge < -0.3 is 0 Å². The second kappa shape index (κ2) is 21.1. The molecule has 0 aliphatic heterocycles. The zero-order valence-electron chi connectivity index (χ0n) is 32.5. The van der Waals surface area contributed by atoms with E-state index in [0.29, 0.717) is 0 Å².